The molecule has 0 atom stereocenters. The summed E-state index contributed by atoms with van der Waals surface area (Å²) in [4.78, 5) is 4.34. The third-order valence-electron chi connectivity index (χ3n) is 2.46. The molecule has 17 heavy (non-hydrogen) atoms. The second-order valence-electron chi connectivity index (χ2n) is 3.65. The summed E-state index contributed by atoms with van der Waals surface area (Å²) in [6.45, 7) is 1.81. The van der Waals surface area contributed by atoms with Crippen LogP contribution in [0.3, 0.4) is 0 Å². The molecule has 6 heteroatoms. The molecule has 0 aliphatic carbocycles. The summed E-state index contributed by atoms with van der Waals surface area (Å²) in [6.07, 6.45) is 1.65. The van der Waals surface area contributed by atoms with Crippen molar-refractivity contribution in [2.45, 2.75) is 6.92 Å². The van der Waals surface area contributed by atoms with Gasteiger partial charge in [0.2, 0.25) is 0 Å². The molecule has 0 radical (unpaired) electrons. The predicted octanol–water partition coefficient (Wildman–Crippen LogP) is 1.20. The predicted molar refractivity (Wildman–Crippen MR) is 60.4 cm³/mol. The largest absolute Gasteiger partial charge is 0.508 e. The molecule has 84 valence electrons. The summed E-state index contributed by atoms with van der Waals surface area (Å²) in [5, 5.41) is 21.2. The molecule has 3 rings (SSSR count). The van der Waals surface area contributed by atoms with Crippen molar-refractivity contribution >= 4 is 5.78 Å². The molecule has 6 nitrogen and oxygen atoms in total. The minimum Gasteiger partial charge on any atom is -0.508 e. The van der Waals surface area contributed by atoms with Crippen LogP contribution in [0.5, 0.6) is 5.75 Å². The van der Waals surface area contributed by atoms with E-state index in [1.165, 1.54) is 0 Å². The zero-order chi connectivity index (χ0) is 11.8. The van der Waals surface area contributed by atoms with Gasteiger partial charge in [-0.1, -0.05) is 0 Å². The van der Waals surface area contributed by atoms with Gasteiger partial charge in [0.25, 0.3) is 5.78 Å². The first-order valence-corrected chi connectivity index (χ1v) is 5.08. The summed E-state index contributed by atoms with van der Waals surface area (Å²) in [6, 6.07) is 6.77. The topological polar surface area (TPSA) is 76.2 Å². The molecule has 0 spiro atoms. The van der Waals surface area contributed by atoms with Gasteiger partial charge in [0, 0.05) is 5.56 Å². The molecule has 0 saturated heterocycles. The van der Waals surface area contributed by atoms with Crippen molar-refractivity contribution in [3.63, 3.8) is 0 Å². The fraction of sp³-hybridized carbons (Fsp3) is 0.0909. The number of rotatable bonds is 1. The number of nitrogens with zero attached hydrogens (tertiary/aromatic N) is 5. The number of aryl methyl sites for hydroxylation is 1. The minimum absolute atomic E-state index is 0.223. The maximum atomic E-state index is 9.22. The summed E-state index contributed by atoms with van der Waals surface area (Å²) >= 11 is 0. The van der Waals surface area contributed by atoms with E-state index < -0.39 is 0 Å². The Balaban J connectivity index is 2.14. The first-order chi connectivity index (χ1) is 8.24. The molecular formula is C11H9N5O. The molecule has 0 bridgehead atoms. The highest BCUT2D eigenvalue weighted by molar-refractivity contribution is 5.60. The molecule has 0 saturated carbocycles. The molecule has 2 heterocycles. The minimum atomic E-state index is 0.223. The van der Waals surface area contributed by atoms with Gasteiger partial charge in [-0.3, -0.25) is 0 Å². The molecule has 0 amide bonds. The van der Waals surface area contributed by atoms with Gasteiger partial charge in [0.15, 0.2) is 5.82 Å². The Morgan fingerprint density at radius 1 is 1.12 bits per heavy atom. The lowest BCUT2D eigenvalue weighted by Crippen LogP contribution is -1.97. The van der Waals surface area contributed by atoms with Crippen LogP contribution in [0.1, 0.15) is 5.82 Å². The molecule has 1 N–H and O–H groups in total. The Kier molecular flexibility index (Phi) is 2.01. The van der Waals surface area contributed by atoms with Crippen molar-refractivity contribution in [3.05, 3.63) is 36.3 Å². The Bertz CT molecular complexity index is 674. The van der Waals surface area contributed by atoms with Crippen molar-refractivity contribution in [1.82, 2.24) is 24.8 Å². The fourth-order valence-electron chi connectivity index (χ4n) is 1.57. The van der Waals surface area contributed by atoms with E-state index in [-0.39, 0.29) is 5.75 Å². The van der Waals surface area contributed by atoms with E-state index in [0.29, 0.717) is 17.3 Å². The van der Waals surface area contributed by atoms with Crippen LogP contribution in [0.2, 0.25) is 0 Å². The number of phenols is 1. The monoisotopic (exact) mass is 227 g/mol. The Labute approximate surface area is 96.6 Å². The average Bonchev–Trinajstić information content (AvgIpc) is 2.72. The van der Waals surface area contributed by atoms with Gasteiger partial charge in [0.1, 0.15) is 5.75 Å². The second kappa shape index (κ2) is 3.51. The molecule has 1 aromatic carbocycles. The number of fused-ring (bicyclic) bond motifs is 1. The number of aromatic nitrogens is 5. The molecule has 0 fully saturated rings. The molecular weight excluding hydrogens is 218 g/mol. The van der Waals surface area contributed by atoms with Gasteiger partial charge in [-0.15, -0.1) is 10.2 Å². The van der Waals surface area contributed by atoms with E-state index in [1.807, 2.05) is 6.92 Å². The van der Waals surface area contributed by atoms with Crippen LogP contribution in [0.25, 0.3) is 17.0 Å². The number of hydrogen-bond donors (Lipinski definition) is 1. The van der Waals surface area contributed by atoms with Crippen LogP contribution in [0.4, 0.5) is 0 Å². The van der Waals surface area contributed by atoms with E-state index in [9.17, 15) is 5.11 Å². The van der Waals surface area contributed by atoms with E-state index in [2.05, 4.69) is 20.3 Å². The fourth-order valence-corrected chi connectivity index (χ4v) is 1.57. The van der Waals surface area contributed by atoms with Crippen molar-refractivity contribution in [3.8, 4) is 17.0 Å². The number of phenolic OH excluding ortho intramolecular Hbond substituents is 1. The lowest BCUT2D eigenvalue weighted by Gasteiger charge is -2.00. The summed E-state index contributed by atoms with van der Waals surface area (Å²) in [5.41, 5.74) is 1.57. The van der Waals surface area contributed by atoms with Gasteiger partial charge in [0.05, 0.1) is 11.9 Å². The Morgan fingerprint density at radius 2 is 1.88 bits per heavy atom. The molecule has 2 aromatic heterocycles. The van der Waals surface area contributed by atoms with Crippen LogP contribution in [0, 0.1) is 6.92 Å². The molecule has 3 aromatic rings. The highest BCUT2D eigenvalue weighted by Crippen LogP contribution is 2.19. The first kappa shape index (κ1) is 9.71. The smallest absolute Gasteiger partial charge is 0.272 e. The zero-order valence-corrected chi connectivity index (χ0v) is 9.07. The highest BCUT2D eigenvalue weighted by atomic mass is 16.3. The normalized spacial score (nSPS) is 10.9. The standard InChI is InChI=1S/C11H9N5O/c1-7-14-15-11-13-10(6-12-16(7)11)8-2-4-9(17)5-3-8/h2-6,17H,1H3. The third-order valence-corrected chi connectivity index (χ3v) is 2.46. The van der Waals surface area contributed by atoms with Gasteiger partial charge in [-0.2, -0.15) is 9.61 Å². The summed E-state index contributed by atoms with van der Waals surface area (Å²) in [5.74, 6) is 1.39. The van der Waals surface area contributed by atoms with Crippen LogP contribution in [-0.4, -0.2) is 29.9 Å². The maximum Gasteiger partial charge on any atom is 0.272 e. The van der Waals surface area contributed by atoms with Crippen molar-refractivity contribution in [2.75, 3.05) is 0 Å². The second-order valence-corrected chi connectivity index (χ2v) is 3.65. The third kappa shape index (κ3) is 1.59. The van der Waals surface area contributed by atoms with Gasteiger partial charge in [-0.05, 0) is 31.2 Å². The van der Waals surface area contributed by atoms with Gasteiger partial charge < -0.3 is 5.11 Å². The number of aromatic hydroxyl groups is 1. The van der Waals surface area contributed by atoms with E-state index in [4.69, 9.17) is 0 Å². The lowest BCUT2D eigenvalue weighted by molar-refractivity contribution is 0.475. The molecule has 0 aliphatic heterocycles. The molecule has 0 aliphatic rings. The molecule has 0 unspecified atom stereocenters. The number of benzene rings is 1. The first-order valence-electron chi connectivity index (χ1n) is 5.08. The number of hydrogen-bond acceptors (Lipinski definition) is 5. The van der Waals surface area contributed by atoms with E-state index in [1.54, 1.807) is 35.0 Å². The van der Waals surface area contributed by atoms with Crippen LogP contribution >= 0.6 is 0 Å². The van der Waals surface area contributed by atoms with Gasteiger partial charge in [-0.25, -0.2) is 4.98 Å². The quantitative estimate of drug-likeness (QED) is 0.676. The summed E-state index contributed by atoms with van der Waals surface area (Å²) < 4.78 is 1.57. The Hall–Kier alpha value is -2.50. The average molecular weight is 227 g/mol. The zero-order valence-electron chi connectivity index (χ0n) is 9.07. The maximum absolute atomic E-state index is 9.22. The summed E-state index contributed by atoms with van der Waals surface area (Å²) in [7, 11) is 0. The van der Waals surface area contributed by atoms with Crippen molar-refractivity contribution < 1.29 is 5.11 Å². The van der Waals surface area contributed by atoms with Crippen molar-refractivity contribution in [1.29, 1.82) is 0 Å². The Morgan fingerprint density at radius 3 is 2.65 bits per heavy atom. The lowest BCUT2D eigenvalue weighted by atomic mass is 10.1. The van der Waals surface area contributed by atoms with E-state index >= 15 is 0 Å². The van der Waals surface area contributed by atoms with E-state index in [0.717, 1.165) is 5.56 Å². The van der Waals surface area contributed by atoms with Crippen molar-refractivity contribution in [2.24, 2.45) is 0 Å². The highest BCUT2D eigenvalue weighted by Gasteiger charge is 2.06. The van der Waals surface area contributed by atoms with Crippen LogP contribution < -0.4 is 0 Å². The SMILES string of the molecule is Cc1nnc2nc(-c3ccc(O)cc3)cnn12. The van der Waals surface area contributed by atoms with Crippen LogP contribution in [0.15, 0.2) is 30.5 Å². The van der Waals surface area contributed by atoms with Gasteiger partial charge >= 0.3 is 0 Å². The van der Waals surface area contributed by atoms with Crippen LogP contribution in [-0.2, 0) is 0 Å².